The summed E-state index contributed by atoms with van der Waals surface area (Å²) in [5.74, 6) is 0.186. The van der Waals surface area contributed by atoms with E-state index in [9.17, 15) is 4.79 Å². The third-order valence-corrected chi connectivity index (χ3v) is 4.34. The van der Waals surface area contributed by atoms with Crippen molar-refractivity contribution in [2.75, 3.05) is 16.8 Å². The molecule has 2 aromatic carbocycles. The van der Waals surface area contributed by atoms with Gasteiger partial charge in [-0.1, -0.05) is 35.9 Å². The van der Waals surface area contributed by atoms with E-state index in [4.69, 9.17) is 17.3 Å². The predicted molar refractivity (Wildman–Crippen MR) is 86.4 cm³/mol. The Balaban J connectivity index is 1.98. The first-order valence-electron chi connectivity index (χ1n) is 6.10. The fourth-order valence-corrected chi connectivity index (χ4v) is 2.85. The molecule has 0 saturated carbocycles. The highest BCUT2D eigenvalue weighted by molar-refractivity contribution is 8.00. The van der Waals surface area contributed by atoms with Gasteiger partial charge in [-0.05, 0) is 30.7 Å². The van der Waals surface area contributed by atoms with Crippen LogP contribution >= 0.6 is 23.4 Å². The number of amides is 1. The summed E-state index contributed by atoms with van der Waals surface area (Å²) >= 11 is 7.40. The molecule has 0 aliphatic carbocycles. The van der Waals surface area contributed by atoms with E-state index in [1.165, 1.54) is 11.8 Å². The zero-order valence-electron chi connectivity index (χ0n) is 11.0. The Kier molecular flexibility index (Phi) is 4.93. The highest BCUT2D eigenvalue weighted by Crippen LogP contribution is 2.32. The van der Waals surface area contributed by atoms with E-state index in [2.05, 4.69) is 5.32 Å². The summed E-state index contributed by atoms with van der Waals surface area (Å²) in [4.78, 5) is 12.7. The van der Waals surface area contributed by atoms with Crippen LogP contribution in [0.15, 0.2) is 47.4 Å². The van der Waals surface area contributed by atoms with E-state index in [0.29, 0.717) is 10.7 Å². The number of carbonyl (C=O) groups is 1. The van der Waals surface area contributed by atoms with Crippen molar-refractivity contribution in [1.29, 1.82) is 0 Å². The number of nitrogens with two attached hydrogens (primary N) is 1. The van der Waals surface area contributed by atoms with Crippen LogP contribution in [0.2, 0.25) is 5.02 Å². The lowest BCUT2D eigenvalue weighted by Gasteiger charge is -2.09. The molecule has 0 spiro atoms. The van der Waals surface area contributed by atoms with Crippen LogP contribution in [0.25, 0.3) is 0 Å². The van der Waals surface area contributed by atoms with Gasteiger partial charge in [0.15, 0.2) is 0 Å². The van der Waals surface area contributed by atoms with E-state index < -0.39 is 0 Å². The van der Waals surface area contributed by atoms with Crippen molar-refractivity contribution >= 4 is 40.6 Å². The summed E-state index contributed by atoms with van der Waals surface area (Å²) < 4.78 is 0. The molecule has 3 N–H and O–H groups in total. The number of carbonyl (C=O) groups excluding carboxylic acids is 1. The van der Waals surface area contributed by atoms with Gasteiger partial charge in [-0.15, -0.1) is 11.8 Å². The molecule has 0 saturated heterocycles. The largest absolute Gasteiger partial charge is 0.398 e. The minimum Gasteiger partial charge on any atom is -0.398 e. The standard InChI is InChI=1S/C15H15ClN2OS/c1-10-5-2-3-8-13(10)18-14(19)9-20-15-11(16)6-4-7-12(15)17/h2-8H,9,17H2,1H3,(H,18,19). The molecule has 0 unspecified atom stereocenters. The van der Waals surface area contributed by atoms with Gasteiger partial charge in [0.2, 0.25) is 5.91 Å². The van der Waals surface area contributed by atoms with Gasteiger partial charge in [0.05, 0.1) is 10.8 Å². The van der Waals surface area contributed by atoms with Gasteiger partial charge in [0.25, 0.3) is 0 Å². The van der Waals surface area contributed by atoms with Crippen LogP contribution in [-0.4, -0.2) is 11.7 Å². The molecule has 0 aliphatic rings. The number of halogens is 1. The maximum absolute atomic E-state index is 11.9. The van der Waals surface area contributed by atoms with Gasteiger partial charge < -0.3 is 11.1 Å². The summed E-state index contributed by atoms with van der Waals surface area (Å²) in [5.41, 5.74) is 8.29. The van der Waals surface area contributed by atoms with E-state index in [1.807, 2.05) is 31.2 Å². The molecule has 3 nitrogen and oxygen atoms in total. The minimum atomic E-state index is -0.0800. The summed E-state index contributed by atoms with van der Waals surface area (Å²) in [5, 5.41) is 3.44. The SMILES string of the molecule is Cc1ccccc1NC(=O)CSc1c(N)cccc1Cl. The lowest BCUT2D eigenvalue weighted by molar-refractivity contribution is -0.113. The van der Waals surface area contributed by atoms with Crippen LogP contribution in [0.4, 0.5) is 11.4 Å². The maximum Gasteiger partial charge on any atom is 0.234 e. The van der Waals surface area contributed by atoms with Crippen molar-refractivity contribution < 1.29 is 4.79 Å². The Hall–Kier alpha value is -1.65. The van der Waals surface area contributed by atoms with Crippen molar-refractivity contribution in [2.45, 2.75) is 11.8 Å². The van der Waals surface area contributed by atoms with Gasteiger partial charge in [-0.25, -0.2) is 0 Å². The summed E-state index contributed by atoms with van der Waals surface area (Å²) in [6.07, 6.45) is 0. The van der Waals surface area contributed by atoms with Crippen LogP contribution in [0.1, 0.15) is 5.56 Å². The molecule has 0 aliphatic heterocycles. The van der Waals surface area contributed by atoms with E-state index in [-0.39, 0.29) is 11.7 Å². The Morgan fingerprint density at radius 2 is 2.00 bits per heavy atom. The summed E-state index contributed by atoms with van der Waals surface area (Å²) in [6, 6.07) is 13.0. The molecule has 0 fully saturated rings. The normalized spacial score (nSPS) is 10.3. The molecule has 0 radical (unpaired) electrons. The Morgan fingerprint density at radius 3 is 2.70 bits per heavy atom. The van der Waals surface area contributed by atoms with Gasteiger partial charge >= 0.3 is 0 Å². The molecule has 0 atom stereocenters. The number of benzene rings is 2. The smallest absolute Gasteiger partial charge is 0.234 e. The molecule has 0 aromatic heterocycles. The fraction of sp³-hybridized carbons (Fsp3) is 0.133. The first-order valence-corrected chi connectivity index (χ1v) is 7.46. The van der Waals surface area contributed by atoms with Gasteiger partial charge in [-0.3, -0.25) is 4.79 Å². The average Bonchev–Trinajstić information content (AvgIpc) is 2.41. The van der Waals surface area contributed by atoms with E-state index >= 15 is 0 Å². The fourth-order valence-electron chi connectivity index (χ4n) is 1.71. The molecular formula is C15H15ClN2OS. The number of rotatable bonds is 4. The quantitative estimate of drug-likeness (QED) is 0.664. The van der Waals surface area contributed by atoms with Crippen molar-refractivity contribution in [3.8, 4) is 0 Å². The van der Waals surface area contributed by atoms with Crippen LogP contribution in [0, 0.1) is 6.92 Å². The number of aryl methyl sites for hydroxylation is 1. The topological polar surface area (TPSA) is 55.1 Å². The first kappa shape index (κ1) is 14.8. The molecular weight excluding hydrogens is 292 g/mol. The predicted octanol–water partition coefficient (Wildman–Crippen LogP) is 3.96. The third-order valence-electron chi connectivity index (χ3n) is 2.76. The zero-order chi connectivity index (χ0) is 14.5. The second kappa shape index (κ2) is 6.68. The van der Waals surface area contributed by atoms with Crippen molar-refractivity contribution in [1.82, 2.24) is 0 Å². The number of hydrogen-bond donors (Lipinski definition) is 2. The van der Waals surface area contributed by atoms with Gasteiger partial charge in [-0.2, -0.15) is 0 Å². The molecule has 0 heterocycles. The lowest BCUT2D eigenvalue weighted by Crippen LogP contribution is -2.14. The second-order valence-corrected chi connectivity index (χ2v) is 5.70. The average molecular weight is 307 g/mol. The van der Waals surface area contributed by atoms with Gasteiger partial charge in [0.1, 0.15) is 0 Å². The van der Waals surface area contributed by atoms with Crippen LogP contribution < -0.4 is 11.1 Å². The molecule has 20 heavy (non-hydrogen) atoms. The van der Waals surface area contributed by atoms with Crippen LogP contribution in [-0.2, 0) is 4.79 Å². The second-order valence-electron chi connectivity index (χ2n) is 4.31. The Bertz CT molecular complexity index is 611. The summed E-state index contributed by atoms with van der Waals surface area (Å²) in [7, 11) is 0. The lowest BCUT2D eigenvalue weighted by atomic mass is 10.2. The van der Waals surface area contributed by atoms with Crippen molar-refractivity contribution in [2.24, 2.45) is 0 Å². The third kappa shape index (κ3) is 3.68. The molecule has 5 heteroatoms. The Labute approximate surface area is 127 Å². The zero-order valence-corrected chi connectivity index (χ0v) is 12.6. The van der Waals surface area contributed by atoms with Crippen molar-refractivity contribution in [3.05, 3.63) is 53.1 Å². The number of anilines is 2. The number of nitrogen functional groups attached to an aromatic ring is 1. The minimum absolute atomic E-state index is 0.0800. The Morgan fingerprint density at radius 1 is 1.25 bits per heavy atom. The number of nitrogens with one attached hydrogen (secondary N) is 1. The molecule has 2 rings (SSSR count). The highest BCUT2D eigenvalue weighted by Gasteiger charge is 2.09. The molecule has 2 aromatic rings. The van der Waals surface area contributed by atoms with Crippen molar-refractivity contribution in [3.63, 3.8) is 0 Å². The number of thioether (sulfide) groups is 1. The van der Waals surface area contributed by atoms with E-state index in [0.717, 1.165) is 16.1 Å². The first-order chi connectivity index (χ1) is 9.58. The maximum atomic E-state index is 11.9. The molecule has 1 amide bonds. The highest BCUT2D eigenvalue weighted by atomic mass is 35.5. The van der Waals surface area contributed by atoms with Gasteiger partial charge in [0, 0.05) is 16.3 Å². The number of hydrogen-bond acceptors (Lipinski definition) is 3. The van der Waals surface area contributed by atoms with Crippen LogP contribution in [0.3, 0.4) is 0 Å². The molecule has 0 bridgehead atoms. The monoisotopic (exact) mass is 306 g/mol. The van der Waals surface area contributed by atoms with Crippen LogP contribution in [0.5, 0.6) is 0 Å². The molecule has 104 valence electrons. The number of para-hydroxylation sites is 1. The van der Waals surface area contributed by atoms with E-state index in [1.54, 1.807) is 18.2 Å². The summed E-state index contributed by atoms with van der Waals surface area (Å²) in [6.45, 7) is 1.95.